The minimum Gasteiger partial charge on any atom is -0.748 e. The summed E-state index contributed by atoms with van der Waals surface area (Å²) >= 11 is 0. The van der Waals surface area contributed by atoms with Crippen LogP contribution in [0.2, 0.25) is 0 Å². The zero-order chi connectivity index (χ0) is 106. The van der Waals surface area contributed by atoms with Gasteiger partial charge in [-0.3, -0.25) is 28.8 Å². The fourth-order valence-electron chi connectivity index (χ4n) is 13.9. The first-order chi connectivity index (χ1) is 64.2. The van der Waals surface area contributed by atoms with Gasteiger partial charge in [-0.25, -0.2) is 66.1 Å². The summed E-state index contributed by atoms with van der Waals surface area (Å²) in [4.78, 5) is 138. The van der Waals surface area contributed by atoms with Gasteiger partial charge in [0, 0.05) is 79.7 Å². The Kier molecular flexibility index (Phi) is 54.3. The van der Waals surface area contributed by atoms with E-state index in [1.54, 1.807) is 0 Å². The van der Waals surface area contributed by atoms with Crippen LogP contribution in [0.25, 0.3) is 0 Å². The number of nitrogens with one attached hydrogen (secondary N) is 3. The second-order valence-electron chi connectivity index (χ2n) is 28.8. The molecule has 5 rings (SSSR count). The molecule has 60 heteroatoms. The number of nitrogens with zero attached hydrogens (tertiary/aromatic N) is 3. The van der Waals surface area contributed by atoms with Crippen LogP contribution in [0.5, 0.6) is 0 Å². The van der Waals surface area contributed by atoms with Gasteiger partial charge in [0.2, 0.25) is 35.4 Å². The molecule has 704 valence electrons. The minimum atomic E-state index is -4.61. The lowest BCUT2D eigenvalue weighted by molar-refractivity contribution is -0.117. The van der Waals surface area contributed by atoms with Crippen LogP contribution in [-0.4, -0.2) is 354 Å². The van der Waals surface area contributed by atoms with Crippen LogP contribution in [0.15, 0.2) is 6.07 Å². The molecule has 37 nitrogen and oxygen atoms in total. The lowest BCUT2D eigenvalue weighted by atomic mass is 9.70. The van der Waals surface area contributed by atoms with Gasteiger partial charge in [0.1, 0.15) is 33.0 Å². The number of hydrogen-bond acceptors (Lipinski definition) is 31. The number of carbonyl (C=O) groups excluding carboxylic acids is 11. The van der Waals surface area contributed by atoms with E-state index in [4.69, 9.17) is 165 Å². The molecular weight excluding hydrogens is 1870 g/mol. The van der Waals surface area contributed by atoms with Gasteiger partial charge in [-0.05, 0) is 72.8 Å². The van der Waals surface area contributed by atoms with Gasteiger partial charge in [0.25, 0.3) is 0 Å². The standard InChI is InChI=1S/C18H23B3N2O7S.C17H21B3N2O7S.C16H19B3N2O7S.C14H15B5O5S.C13H14B4O5S/c1-10(24)22(3)16-12(7-19)15(18(26)30-5-6-31(27,28)29)13(8-20)17(14(16)9-21)23(4)11(2)25;1-9(23)21-15-11(6-18)14(17(25)29-4-5-30(26,27)28)12(7-19)16(13(15)8-20)22(3)10(2)24;1-8(22)20-14-10(5-17)13(16(24)28-3-4-29(25,26)27)11(6-18)15(12(14)7-19)21-9(2)23;15-3-8-9(4-16)11(6-18)13(12(7-19)10(8)5-17)14(20)24-1-2-25(21,22)23;14-4-8-3-9(13(18)22-1-2-23(19,20)21)11(6-16)12(7-17)10(8)5-15/h5-9H2,1-4H3,(H,27,28,29);4-8H2,1-3H3,(H,21,23)(H,26,27,28);3-7H2,1-2H3,(H,20,22)(H,21,23)(H,25,26,27);1-7H2,(H,21,22,23);3H,1-2,4-7H2,(H,19,20,21)/p-5. The van der Waals surface area contributed by atoms with Crippen molar-refractivity contribution >= 4 is 291 Å². The normalized spacial score (nSPS) is 11.2. The molecule has 0 aliphatic carbocycles. The average molecular weight is 1960 g/mol. The van der Waals surface area contributed by atoms with Gasteiger partial charge in [-0.15, -0.1) is 0 Å². The van der Waals surface area contributed by atoms with E-state index in [0.717, 1.165) is 5.56 Å². The molecule has 0 spiro atoms. The Morgan fingerprint density at radius 1 is 0.254 bits per heavy atom. The summed E-state index contributed by atoms with van der Waals surface area (Å²) in [5.74, 6) is -11.7. The number of hydrogen-bond donors (Lipinski definition) is 3. The molecule has 3 N–H and O–H groups in total. The molecule has 0 saturated carbocycles. The molecule has 0 saturated heterocycles. The van der Waals surface area contributed by atoms with E-state index in [0.29, 0.717) is 61.2 Å². The van der Waals surface area contributed by atoms with Crippen molar-refractivity contribution in [3.63, 3.8) is 0 Å². The van der Waals surface area contributed by atoms with E-state index in [9.17, 15) is 118 Å². The molecule has 0 aliphatic heterocycles. The summed E-state index contributed by atoms with van der Waals surface area (Å²) in [6, 6.07) is 1.51. The van der Waals surface area contributed by atoms with E-state index in [1.807, 2.05) is 0 Å². The van der Waals surface area contributed by atoms with Crippen molar-refractivity contribution in [3.8, 4) is 0 Å². The molecule has 5 aromatic rings. The van der Waals surface area contributed by atoms with Crippen molar-refractivity contribution < 1.29 is 141 Å². The molecule has 5 aromatic carbocycles. The van der Waals surface area contributed by atoms with Gasteiger partial charge in [-0.1, -0.05) is 147 Å². The Morgan fingerprint density at radius 3 is 0.667 bits per heavy atom. The zero-order valence-electron chi connectivity index (χ0n) is 77.3. The van der Waals surface area contributed by atoms with Crippen LogP contribution in [0.1, 0.15) is 193 Å². The van der Waals surface area contributed by atoms with Crippen LogP contribution >= 0.6 is 0 Å². The lowest BCUT2D eigenvalue weighted by Crippen LogP contribution is -2.32. The molecule has 0 aliphatic rings. The third-order valence-electron chi connectivity index (χ3n) is 20.0. The highest BCUT2D eigenvalue weighted by molar-refractivity contribution is 7.86. The predicted molar refractivity (Wildman–Crippen MR) is 527 cm³/mol. The van der Waals surface area contributed by atoms with E-state index in [-0.39, 0.29) is 209 Å². The van der Waals surface area contributed by atoms with Gasteiger partial charge >= 0.3 is 29.8 Å². The summed E-state index contributed by atoms with van der Waals surface area (Å²) in [5, 5.41) is 7.65. The molecule has 0 bridgehead atoms. The second-order valence-corrected chi connectivity index (χ2v) is 36.4. The monoisotopic (exact) mass is 1960 g/mol. The van der Waals surface area contributed by atoms with Crippen molar-refractivity contribution in [2.45, 2.75) is 155 Å². The van der Waals surface area contributed by atoms with Gasteiger partial charge < -0.3 is 77.1 Å². The molecule has 0 unspecified atom stereocenters. The van der Waals surface area contributed by atoms with E-state index < -0.39 is 178 Å². The first-order valence-corrected chi connectivity index (χ1v) is 48.8. The topological polar surface area (TPSA) is 566 Å². The number of ether oxygens (including phenoxy) is 5. The maximum absolute atomic E-state index is 12.9. The fraction of sp³-hybridized carbons (Fsp3) is 0.474. The van der Waals surface area contributed by atoms with Crippen molar-refractivity contribution in [3.05, 3.63) is 134 Å². The molecule has 0 atom stereocenters. The first kappa shape index (κ1) is 127. The number of anilines is 6. The summed E-state index contributed by atoms with van der Waals surface area (Å²) in [6.45, 7) is 4.39. The third-order valence-corrected chi connectivity index (χ3v) is 23.4. The van der Waals surface area contributed by atoms with Crippen LogP contribution in [0.4, 0.5) is 34.1 Å². The second kappa shape index (κ2) is 59.0. The van der Waals surface area contributed by atoms with Crippen molar-refractivity contribution in [1.29, 1.82) is 0 Å². The van der Waals surface area contributed by atoms with E-state index in [2.05, 4.69) is 16.0 Å². The van der Waals surface area contributed by atoms with Crippen molar-refractivity contribution in [1.82, 2.24) is 0 Å². The molecular formula is C78H87B18N6O31S5-5. The Hall–Kier alpha value is -9.01. The van der Waals surface area contributed by atoms with Crippen LogP contribution in [-0.2, 0) is 217 Å². The predicted octanol–water partition coefficient (Wildman–Crippen LogP) is -4.20. The first-order valence-electron chi connectivity index (χ1n) is 40.9. The number of benzene rings is 5. The molecule has 6 amide bonds. The number of amides is 6. The summed E-state index contributed by atoms with van der Waals surface area (Å²) in [5.41, 5.74) is 8.06. The van der Waals surface area contributed by atoms with Crippen molar-refractivity contribution in [2.24, 2.45) is 0 Å². The highest BCUT2D eigenvalue weighted by atomic mass is 32.2. The van der Waals surface area contributed by atoms with Crippen LogP contribution in [0.3, 0.4) is 0 Å². The molecule has 138 heavy (non-hydrogen) atoms. The Morgan fingerprint density at radius 2 is 0.449 bits per heavy atom. The summed E-state index contributed by atoms with van der Waals surface area (Å²) < 4.78 is 185. The minimum absolute atomic E-state index is 0.0225. The van der Waals surface area contributed by atoms with Gasteiger partial charge in [0.15, 0.2) is 0 Å². The summed E-state index contributed by atoms with van der Waals surface area (Å²) in [7, 11) is 86.0. The highest BCUT2D eigenvalue weighted by Crippen LogP contribution is 2.43. The number of rotatable bonds is 44. The Labute approximate surface area is 829 Å². The quantitative estimate of drug-likeness (QED) is 0.0144. The van der Waals surface area contributed by atoms with Crippen molar-refractivity contribution in [2.75, 3.05) is 114 Å². The molecule has 36 radical (unpaired) electrons. The highest BCUT2D eigenvalue weighted by Gasteiger charge is 2.35. The Bertz CT molecular complexity index is 5770. The van der Waals surface area contributed by atoms with Crippen LogP contribution in [0, 0.1) is 0 Å². The fourth-order valence-corrected chi connectivity index (χ4v) is 15.4. The lowest BCUT2D eigenvalue weighted by Gasteiger charge is -2.32. The van der Waals surface area contributed by atoms with Gasteiger partial charge in [0.05, 0.1) is 265 Å². The zero-order valence-corrected chi connectivity index (χ0v) is 81.4. The smallest absolute Gasteiger partial charge is 0.338 e. The maximum Gasteiger partial charge on any atom is 0.338 e. The maximum atomic E-state index is 12.9. The molecule has 0 heterocycles. The SMILES string of the molecule is [B]Cc1c(C(=O)OCCS(=O)(=O)[O-])c(C[B])c(N(C)C(C)=O)c(C[B])c1N(C)C(C)=O.[B]Cc1c(C[B])c(C[B])c(C(=O)OCCS(=O)(=O)[O-])c(C[B])c1C[B].[B]Cc1c(NC(C)=O)c(C[B])c(C(=O)OCCS(=O)(=O)[O-])c(C[B])c1NC(C)=O.[B]Cc1c(NC(C)=O)c(C[B])c(N(C)C(C)=O)c(C[B])c1C(=O)OCCS(=O)(=O)[O-].[B]Cc1cc(C(=O)OCCS(=O)(=O)[O-])c(C[B])c(C[B])c1C[B]. The van der Waals surface area contributed by atoms with E-state index in [1.165, 1.54) is 83.5 Å². The molecule has 0 aromatic heterocycles. The van der Waals surface area contributed by atoms with E-state index >= 15 is 0 Å². The Balaban J connectivity index is 0.000000866. The number of esters is 5. The molecule has 0 fully saturated rings. The number of carbonyl (C=O) groups is 11. The largest absolute Gasteiger partial charge is 0.748 e. The van der Waals surface area contributed by atoms with Gasteiger partial charge in [-0.2, -0.15) is 0 Å². The summed E-state index contributed by atoms with van der Waals surface area (Å²) in [6.07, 6.45) is -1.02. The third kappa shape index (κ3) is 36.8. The average Bonchev–Trinajstić information content (AvgIpc) is 0.748. The van der Waals surface area contributed by atoms with Crippen LogP contribution < -0.4 is 30.7 Å².